The molecule has 0 atom stereocenters. The Bertz CT molecular complexity index is 3330. The van der Waals surface area contributed by atoms with Crippen LogP contribution in [0.5, 0.6) is 0 Å². The molecule has 0 saturated carbocycles. The van der Waals surface area contributed by atoms with Gasteiger partial charge in [0.15, 0.2) is 5.82 Å². The van der Waals surface area contributed by atoms with Gasteiger partial charge in [-0.25, -0.2) is 19.3 Å². The molecule has 282 valence electrons. The van der Waals surface area contributed by atoms with E-state index in [0.29, 0.717) is 17.2 Å². The Balaban J connectivity index is 1.00. The SMILES string of the molecule is N=C1C=Cc2c(-c3ccccc3)nc3cc(-c4ccc(-c5cc(-c6ccccc6)nc(-c6cccc(-n7c8ccccc8c8ccccc87)c6)n5)cc4)ccc3c2/C1=N/S. The van der Waals surface area contributed by atoms with Gasteiger partial charge in [-0.1, -0.05) is 146 Å². The standard InChI is InChI=1S/C53H34N6S/c54-44-29-28-43-50(52(44)58-60)42-27-26-37(31-47(42)55-51(43)36-14-5-2-6-15-36)33-22-24-35(25-23-33)46-32-45(34-12-3-1-4-13-34)56-53(57-46)38-16-11-17-39(30-38)59-48-20-9-7-18-40(48)41-19-8-10-21-49(41)59/h1-32,54,60H/b54-44?,58-52+. The number of fused-ring (bicyclic) bond motifs is 6. The van der Waals surface area contributed by atoms with Crippen LogP contribution in [0.2, 0.25) is 0 Å². The largest absolute Gasteiger partial charge is 0.309 e. The number of pyridine rings is 1. The number of para-hydroxylation sites is 2. The van der Waals surface area contributed by atoms with Crippen LogP contribution in [-0.2, 0) is 0 Å². The Labute approximate surface area is 352 Å². The van der Waals surface area contributed by atoms with Crippen LogP contribution in [0.4, 0.5) is 0 Å². The molecule has 0 saturated heterocycles. The summed E-state index contributed by atoms with van der Waals surface area (Å²) >= 11 is 4.29. The molecule has 3 heterocycles. The van der Waals surface area contributed by atoms with Gasteiger partial charge in [0.05, 0.1) is 39.3 Å². The lowest BCUT2D eigenvalue weighted by Gasteiger charge is -2.20. The first-order chi connectivity index (χ1) is 29.6. The Hall–Kier alpha value is -7.74. The number of hydrogen-bond donors (Lipinski definition) is 2. The summed E-state index contributed by atoms with van der Waals surface area (Å²) in [6.45, 7) is 0. The second kappa shape index (κ2) is 14.6. The molecule has 7 aromatic carbocycles. The van der Waals surface area contributed by atoms with Crippen molar-refractivity contribution in [2.24, 2.45) is 4.40 Å². The van der Waals surface area contributed by atoms with Gasteiger partial charge >= 0.3 is 0 Å². The second-order valence-electron chi connectivity index (χ2n) is 14.9. The smallest absolute Gasteiger partial charge is 0.160 e. The molecule has 11 rings (SSSR count). The van der Waals surface area contributed by atoms with Crippen molar-refractivity contribution in [2.75, 3.05) is 0 Å². The molecule has 0 radical (unpaired) electrons. The van der Waals surface area contributed by atoms with Crippen molar-refractivity contribution in [3.8, 4) is 62.0 Å². The number of thiol groups is 1. The lowest BCUT2D eigenvalue weighted by atomic mass is 9.87. The zero-order valence-corrected chi connectivity index (χ0v) is 33.1. The van der Waals surface area contributed by atoms with Crippen molar-refractivity contribution in [1.82, 2.24) is 19.5 Å². The normalized spacial score (nSPS) is 13.1. The van der Waals surface area contributed by atoms with Gasteiger partial charge in [0.2, 0.25) is 0 Å². The number of allylic oxidation sites excluding steroid dienone is 1. The molecule has 1 aliphatic rings. The average molecular weight is 787 g/mol. The Morgan fingerprint density at radius 2 is 1.05 bits per heavy atom. The van der Waals surface area contributed by atoms with E-state index in [1.165, 1.54) is 10.8 Å². The van der Waals surface area contributed by atoms with Gasteiger partial charge in [-0.15, -0.1) is 0 Å². The molecule has 0 bridgehead atoms. The second-order valence-corrected chi connectivity index (χ2v) is 15.1. The Morgan fingerprint density at radius 3 is 1.73 bits per heavy atom. The summed E-state index contributed by atoms with van der Waals surface area (Å²) in [5.41, 5.74) is 15.4. The molecular weight excluding hydrogens is 753 g/mol. The van der Waals surface area contributed by atoms with E-state index < -0.39 is 0 Å². The highest BCUT2D eigenvalue weighted by Crippen LogP contribution is 2.38. The average Bonchev–Trinajstić information content (AvgIpc) is 3.66. The van der Waals surface area contributed by atoms with Crippen LogP contribution in [0.15, 0.2) is 192 Å². The number of aromatic nitrogens is 4. The molecule has 7 heteroatoms. The van der Waals surface area contributed by atoms with Crippen molar-refractivity contribution in [3.63, 3.8) is 0 Å². The van der Waals surface area contributed by atoms with Crippen molar-refractivity contribution in [3.05, 3.63) is 199 Å². The summed E-state index contributed by atoms with van der Waals surface area (Å²) < 4.78 is 6.58. The minimum Gasteiger partial charge on any atom is -0.309 e. The first-order valence-corrected chi connectivity index (χ1v) is 20.2. The van der Waals surface area contributed by atoms with Crippen LogP contribution in [0, 0.1) is 5.41 Å². The van der Waals surface area contributed by atoms with E-state index in [2.05, 4.69) is 167 Å². The van der Waals surface area contributed by atoms with Crippen LogP contribution in [0.1, 0.15) is 11.1 Å². The summed E-state index contributed by atoms with van der Waals surface area (Å²) in [6, 6.07) is 63.0. The van der Waals surface area contributed by atoms with Crippen molar-refractivity contribution in [2.45, 2.75) is 0 Å². The van der Waals surface area contributed by atoms with Crippen molar-refractivity contribution in [1.29, 1.82) is 5.41 Å². The third-order valence-electron chi connectivity index (χ3n) is 11.3. The van der Waals surface area contributed by atoms with Crippen LogP contribution in [0.25, 0.3) is 101 Å². The lowest BCUT2D eigenvalue weighted by molar-refractivity contribution is 1.16. The van der Waals surface area contributed by atoms with E-state index in [4.69, 9.17) is 20.4 Å². The zero-order valence-electron chi connectivity index (χ0n) is 32.2. The van der Waals surface area contributed by atoms with E-state index in [-0.39, 0.29) is 0 Å². The molecule has 10 aromatic rings. The molecule has 0 unspecified atom stereocenters. The van der Waals surface area contributed by atoms with Gasteiger partial charge < -0.3 is 4.57 Å². The van der Waals surface area contributed by atoms with E-state index in [1.54, 1.807) is 6.08 Å². The first-order valence-electron chi connectivity index (χ1n) is 19.8. The van der Waals surface area contributed by atoms with Gasteiger partial charge in [0, 0.05) is 55.2 Å². The Morgan fingerprint density at radius 1 is 0.467 bits per heavy atom. The summed E-state index contributed by atoms with van der Waals surface area (Å²) in [7, 11) is 0. The van der Waals surface area contributed by atoms with E-state index in [0.717, 1.165) is 89.2 Å². The highest BCUT2D eigenvalue weighted by Gasteiger charge is 2.24. The van der Waals surface area contributed by atoms with Gasteiger partial charge in [0.1, 0.15) is 5.71 Å². The van der Waals surface area contributed by atoms with Gasteiger partial charge in [-0.3, -0.25) is 5.41 Å². The van der Waals surface area contributed by atoms with Gasteiger partial charge in [0.25, 0.3) is 0 Å². The highest BCUT2D eigenvalue weighted by atomic mass is 32.1. The molecule has 3 aromatic heterocycles. The van der Waals surface area contributed by atoms with Crippen LogP contribution in [-0.4, -0.2) is 30.9 Å². The van der Waals surface area contributed by atoms with Crippen LogP contribution >= 0.6 is 12.8 Å². The minimum atomic E-state index is 0.322. The van der Waals surface area contributed by atoms with E-state index >= 15 is 0 Å². The third kappa shape index (κ3) is 6.03. The first kappa shape index (κ1) is 35.4. The van der Waals surface area contributed by atoms with Gasteiger partial charge in [-0.2, -0.15) is 0 Å². The summed E-state index contributed by atoms with van der Waals surface area (Å²) in [4.78, 5) is 15.6. The fourth-order valence-electron chi connectivity index (χ4n) is 8.48. The number of rotatable bonds is 6. The molecule has 0 aliphatic heterocycles. The van der Waals surface area contributed by atoms with E-state index in [9.17, 15) is 0 Å². The molecule has 6 nitrogen and oxygen atoms in total. The molecule has 0 amide bonds. The molecule has 1 N–H and O–H groups in total. The monoisotopic (exact) mass is 786 g/mol. The van der Waals surface area contributed by atoms with Gasteiger partial charge in [-0.05, 0) is 72.5 Å². The summed E-state index contributed by atoms with van der Waals surface area (Å²) in [6.07, 6.45) is 3.73. The fourth-order valence-corrected chi connectivity index (χ4v) is 8.68. The zero-order chi connectivity index (χ0) is 40.2. The number of nitrogens with zero attached hydrogens (tertiary/aromatic N) is 5. The molecule has 1 aliphatic carbocycles. The molecule has 0 fully saturated rings. The number of hydrogen-bond acceptors (Lipinski definition) is 6. The maximum Gasteiger partial charge on any atom is 0.160 e. The topological polar surface area (TPSA) is 79.8 Å². The minimum absolute atomic E-state index is 0.322. The highest BCUT2D eigenvalue weighted by molar-refractivity contribution is 7.79. The molecule has 0 spiro atoms. The predicted octanol–water partition coefficient (Wildman–Crippen LogP) is 13.1. The number of benzene rings is 7. The predicted molar refractivity (Wildman–Crippen MR) is 251 cm³/mol. The van der Waals surface area contributed by atoms with Crippen molar-refractivity contribution >= 4 is 63.0 Å². The lowest BCUT2D eigenvalue weighted by Crippen LogP contribution is -2.18. The fraction of sp³-hybridized carbons (Fsp3) is 0. The summed E-state index contributed by atoms with van der Waals surface area (Å²) in [5, 5.41) is 12.0. The van der Waals surface area contributed by atoms with Crippen LogP contribution < -0.4 is 0 Å². The molecule has 60 heavy (non-hydrogen) atoms. The quantitative estimate of drug-likeness (QED) is 0.165. The van der Waals surface area contributed by atoms with Crippen molar-refractivity contribution < 1.29 is 0 Å². The van der Waals surface area contributed by atoms with E-state index in [1.807, 2.05) is 42.5 Å². The summed E-state index contributed by atoms with van der Waals surface area (Å²) in [5.74, 6) is 0.656. The van der Waals surface area contributed by atoms with Crippen LogP contribution in [0.3, 0.4) is 0 Å². The maximum atomic E-state index is 8.61. The third-order valence-corrected chi connectivity index (χ3v) is 11.5. The molecular formula is C53H34N6S. The Kier molecular flexibility index (Phi) is 8.60. The number of nitrogens with one attached hydrogen (secondary N) is 1. The maximum absolute atomic E-state index is 8.61.